The molecule has 2 N–H and O–H groups in total. The van der Waals surface area contributed by atoms with Crippen molar-refractivity contribution < 1.29 is 14.7 Å². The number of carboxylic acids is 1. The zero-order chi connectivity index (χ0) is 13.7. The van der Waals surface area contributed by atoms with Gasteiger partial charge in [0.05, 0.1) is 17.4 Å². The van der Waals surface area contributed by atoms with Crippen molar-refractivity contribution >= 4 is 17.6 Å². The van der Waals surface area contributed by atoms with Crippen molar-refractivity contribution in [2.24, 2.45) is 0 Å². The molecule has 5 heteroatoms. The first-order valence-corrected chi connectivity index (χ1v) is 6.32. The molecule has 1 aliphatic carbocycles. The third kappa shape index (κ3) is 3.64. The molecule has 1 aromatic rings. The third-order valence-electron chi connectivity index (χ3n) is 3.10. The molecule has 0 radical (unpaired) electrons. The molecule has 1 aliphatic rings. The third-order valence-corrected chi connectivity index (χ3v) is 3.10. The second-order valence-corrected chi connectivity index (χ2v) is 4.56. The number of aromatic nitrogens is 1. The number of amides is 1. The first-order valence-electron chi connectivity index (χ1n) is 6.32. The van der Waals surface area contributed by atoms with Crippen LogP contribution >= 0.6 is 0 Å². The van der Waals surface area contributed by atoms with E-state index in [1.807, 2.05) is 0 Å². The summed E-state index contributed by atoms with van der Waals surface area (Å²) in [4.78, 5) is 26.7. The molecule has 2 rings (SSSR count). The summed E-state index contributed by atoms with van der Waals surface area (Å²) in [5.74, 6) is -1.27. The number of allylic oxidation sites excluding steroid dienone is 1. The van der Waals surface area contributed by atoms with Crippen molar-refractivity contribution in [1.29, 1.82) is 0 Å². The van der Waals surface area contributed by atoms with Gasteiger partial charge in [0.15, 0.2) is 0 Å². The molecule has 19 heavy (non-hydrogen) atoms. The van der Waals surface area contributed by atoms with E-state index in [1.165, 1.54) is 24.9 Å². The molecule has 1 aromatic heterocycles. The number of carboxylic acid groups (broad SMARTS) is 1. The largest absolute Gasteiger partial charge is 0.478 e. The maximum absolute atomic E-state index is 11.9. The number of hydrogen-bond donors (Lipinski definition) is 2. The molecule has 0 unspecified atom stereocenters. The van der Waals surface area contributed by atoms with Crippen molar-refractivity contribution in [1.82, 2.24) is 4.98 Å². The number of nitrogens with one attached hydrogen (secondary N) is 1. The second-order valence-electron chi connectivity index (χ2n) is 4.56. The maximum atomic E-state index is 11.9. The normalized spacial score (nSPS) is 14.6. The smallest absolute Gasteiger partial charge is 0.337 e. The Labute approximate surface area is 111 Å². The first-order chi connectivity index (χ1) is 9.16. The lowest BCUT2D eigenvalue weighted by atomic mass is 9.97. The number of hydrogen-bond acceptors (Lipinski definition) is 3. The van der Waals surface area contributed by atoms with E-state index in [9.17, 15) is 9.59 Å². The summed E-state index contributed by atoms with van der Waals surface area (Å²) in [6, 6.07) is 1.37. The Bertz CT molecular complexity index is 523. The standard InChI is InChI=1S/C14H16N2O3/c17-13(8-10-4-2-1-3-5-10)16-12-9-15-7-6-11(12)14(18)19/h4,6-7,9H,1-3,5,8H2,(H,16,17)(H,18,19). The molecule has 1 heterocycles. The minimum Gasteiger partial charge on any atom is -0.478 e. The number of aromatic carboxylic acids is 1. The van der Waals surface area contributed by atoms with Crippen LogP contribution in [0.3, 0.4) is 0 Å². The molecule has 0 saturated heterocycles. The van der Waals surface area contributed by atoms with E-state index >= 15 is 0 Å². The van der Waals surface area contributed by atoms with Crippen LogP contribution < -0.4 is 5.32 Å². The van der Waals surface area contributed by atoms with E-state index in [4.69, 9.17) is 5.11 Å². The molecule has 0 bridgehead atoms. The summed E-state index contributed by atoms with van der Waals surface area (Å²) in [7, 11) is 0. The number of carbonyl (C=O) groups excluding carboxylic acids is 1. The molecule has 0 aliphatic heterocycles. The fraction of sp³-hybridized carbons (Fsp3) is 0.357. The quantitative estimate of drug-likeness (QED) is 0.815. The highest BCUT2D eigenvalue weighted by molar-refractivity contribution is 6.00. The molecule has 100 valence electrons. The minimum atomic E-state index is -1.07. The van der Waals surface area contributed by atoms with E-state index in [1.54, 1.807) is 0 Å². The Kier molecular flexibility index (Phi) is 4.28. The van der Waals surface area contributed by atoms with Crippen LogP contribution in [-0.2, 0) is 4.79 Å². The van der Waals surface area contributed by atoms with Crippen LogP contribution in [0.2, 0.25) is 0 Å². The summed E-state index contributed by atoms with van der Waals surface area (Å²) < 4.78 is 0. The van der Waals surface area contributed by atoms with Gasteiger partial charge in [0.1, 0.15) is 0 Å². The lowest BCUT2D eigenvalue weighted by molar-refractivity contribution is -0.115. The lowest BCUT2D eigenvalue weighted by Gasteiger charge is -2.13. The van der Waals surface area contributed by atoms with E-state index < -0.39 is 5.97 Å². The van der Waals surface area contributed by atoms with Crippen molar-refractivity contribution in [3.05, 3.63) is 35.7 Å². The summed E-state index contributed by atoms with van der Waals surface area (Å²) >= 11 is 0. The Morgan fingerprint density at radius 1 is 1.37 bits per heavy atom. The molecule has 0 atom stereocenters. The van der Waals surface area contributed by atoms with Gasteiger partial charge in [-0.15, -0.1) is 0 Å². The Hall–Kier alpha value is -2.17. The van der Waals surface area contributed by atoms with Crippen LogP contribution in [-0.4, -0.2) is 22.0 Å². The van der Waals surface area contributed by atoms with Crippen LogP contribution in [0.5, 0.6) is 0 Å². The monoisotopic (exact) mass is 260 g/mol. The van der Waals surface area contributed by atoms with Gasteiger partial charge in [-0.25, -0.2) is 4.79 Å². The van der Waals surface area contributed by atoms with Crippen LogP contribution in [0.4, 0.5) is 5.69 Å². The Morgan fingerprint density at radius 2 is 2.21 bits per heavy atom. The summed E-state index contributed by atoms with van der Waals surface area (Å²) in [5.41, 5.74) is 1.43. The second kappa shape index (κ2) is 6.13. The highest BCUT2D eigenvalue weighted by atomic mass is 16.4. The van der Waals surface area contributed by atoms with Crippen molar-refractivity contribution in [3.8, 4) is 0 Å². The van der Waals surface area contributed by atoms with Gasteiger partial charge in [0.25, 0.3) is 0 Å². The minimum absolute atomic E-state index is 0.0565. The van der Waals surface area contributed by atoms with Crippen LogP contribution in [0.25, 0.3) is 0 Å². The van der Waals surface area contributed by atoms with Gasteiger partial charge in [0.2, 0.25) is 5.91 Å². The highest BCUT2D eigenvalue weighted by Crippen LogP contribution is 2.21. The summed E-state index contributed by atoms with van der Waals surface area (Å²) in [6.45, 7) is 0. The topological polar surface area (TPSA) is 79.3 Å². The van der Waals surface area contributed by atoms with E-state index in [2.05, 4.69) is 16.4 Å². The predicted octanol–water partition coefficient (Wildman–Crippen LogP) is 2.61. The van der Waals surface area contributed by atoms with Gasteiger partial charge in [-0.2, -0.15) is 0 Å². The van der Waals surface area contributed by atoms with Gasteiger partial charge in [-0.1, -0.05) is 11.6 Å². The lowest BCUT2D eigenvalue weighted by Crippen LogP contribution is -2.15. The number of anilines is 1. The molecule has 0 aromatic carbocycles. The molecule has 1 amide bonds. The molecular formula is C14H16N2O3. The van der Waals surface area contributed by atoms with Crippen LogP contribution in [0.1, 0.15) is 42.5 Å². The average Bonchev–Trinajstić information content (AvgIpc) is 2.40. The van der Waals surface area contributed by atoms with E-state index in [0.29, 0.717) is 6.42 Å². The zero-order valence-electron chi connectivity index (χ0n) is 10.6. The molecule has 0 saturated carbocycles. The van der Waals surface area contributed by atoms with Gasteiger partial charge in [0, 0.05) is 12.6 Å². The average molecular weight is 260 g/mol. The number of nitrogens with zero attached hydrogens (tertiary/aromatic N) is 1. The van der Waals surface area contributed by atoms with Gasteiger partial charge >= 0.3 is 5.97 Å². The molecule has 0 fully saturated rings. The van der Waals surface area contributed by atoms with Crippen molar-refractivity contribution in [3.63, 3.8) is 0 Å². The first kappa shape index (κ1) is 13.3. The number of pyridine rings is 1. The maximum Gasteiger partial charge on any atom is 0.337 e. The Morgan fingerprint density at radius 3 is 2.89 bits per heavy atom. The summed E-state index contributed by atoms with van der Waals surface area (Å²) in [5, 5.41) is 11.6. The van der Waals surface area contributed by atoms with Gasteiger partial charge in [-0.05, 0) is 31.7 Å². The molecular weight excluding hydrogens is 244 g/mol. The van der Waals surface area contributed by atoms with Crippen molar-refractivity contribution in [2.75, 3.05) is 5.32 Å². The highest BCUT2D eigenvalue weighted by Gasteiger charge is 2.14. The number of carbonyl (C=O) groups is 2. The van der Waals surface area contributed by atoms with Crippen LogP contribution in [0, 0.1) is 0 Å². The summed E-state index contributed by atoms with van der Waals surface area (Å²) in [6.07, 6.45) is 9.45. The van der Waals surface area contributed by atoms with E-state index in [-0.39, 0.29) is 17.2 Å². The van der Waals surface area contributed by atoms with Crippen LogP contribution in [0.15, 0.2) is 30.1 Å². The SMILES string of the molecule is O=C(CC1=CCCCC1)Nc1cnccc1C(=O)O. The molecule has 0 spiro atoms. The van der Waals surface area contributed by atoms with Gasteiger partial charge in [-0.3, -0.25) is 9.78 Å². The van der Waals surface area contributed by atoms with Gasteiger partial charge < -0.3 is 10.4 Å². The fourth-order valence-corrected chi connectivity index (χ4v) is 2.15. The molecule has 5 nitrogen and oxygen atoms in total. The van der Waals surface area contributed by atoms with E-state index in [0.717, 1.165) is 24.8 Å². The fourth-order valence-electron chi connectivity index (χ4n) is 2.15. The predicted molar refractivity (Wildman–Crippen MR) is 71.0 cm³/mol. The Balaban J connectivity index is 2.02. The zero-order valence-corrected chi connectivity index (χ0v) is 10.6. The number of rotatable bonds is 4. The van der Waals surface area contributed by atoms with Crippen molar-refractivity contribution in [2.45, 2.75) is 32.1 Å².